The third-order valence-corrected chi connectivity index (χ3v) is 4.56. The van der Waals surface area contributed by atoms with E-state index in [4.69, 9.17) is 9.47 Å². The lowest BCUT2D eigenvalue weighted by Crippen LogP contribution is -2.10. The molecule has 2 aromatic rings. The molecular formula is C20H24O5. The number of ether oxygens (including phenoxy) is 2. The Morgan fingerprint density at radius 2 is 1.56 bits per heavy atom. The van der Waals surface area contributed by atoms with Gasteiger partial charge in [-0.3, -0.25) is 4.79 Å². The van der Waals surface area contributed by atoms with Gasteiger partial charge in [0.05, 0.1) is 19.8 Å². The van der Waals surface area contributed by atoms with Crippen LogP contribution < -0.4 is 9.47 Å². The summed E-state index contributed by atoms with van der Waals surface area (Å²) in [6, 6.07) is 4.37. The Labute approximate surface area is 147 Å². The first-order valence-corrected chi connectivity index (χ1v) is 8.07. The van der Waals surface area contributed by atoms with Crippen molar-refractivity contribution in [2.24, 2.45) is 0 Å². The lowest BCUT2D eigenvalue weighted by atomic mass is 9.92. The summed E-state index contributed by atoms with van der Waals surface area (Å²) < 4.78 is 11.0. The maximum atomic E-state index is 12.9. The van der Waals surface area contributed by atoms with Crippen molar-refractivity contribution in [1.82, 2.24) is 0 Å². The first-order chi connectivity index (χ1) is 11.8. The average molecular weight is 344 g/mol. The number of hydrogen-bond donors (Lipinski definition) is 2. The average Bonchev–Trinajstić information content (AvgIpc) is 2.57. The van der Waals surface area contributed by atoms with Crippen LogP contribution in [0.1, 0.15) is 39.0 Å². The highest BCUT2D eigenvalue weighted by Gasteiger charge is 2.23. The van der Waals surface area contributed by atoms with E-state index in [1.807, 2.05) is 20.8 Å². The SMILES string of the molecule is COc1c(C)c(C)c(OC)c(C(=O)CCc2ccc(O)cc2O)c1C. The lowest BCUT2D eigenvalue weighted by molar-refractivity contribution is 0.0978. The standard InChI is InChI=1S/C20H24O5/c1-11-12(2)20(25-5)18(13(3)19(11)24-4)16(22)9-7-14-6-8-15(21)10-17(14)23/h6,8,10,21,23H,7,9H2,1-5H3. The fraction of sp³-hybridized carbons (Fsp3) is 0.350. The van der Waals surface area contributed by atoms with Crippen molar-refractivity contribution in [1.29, 1.82) is 0 Å². The zero-order valence-corrected chi connectivity index (χ0v) is 15.3. The Balaban J connectivity index is 2.37. The van der Waals surface area contributed by atoms with Gasteiger partial charge in [0.2, 0.25) is 0 Å². The number of ketones is 1. The van der Waals surface area contributed by atoms with Gasteiger partial charge >= 0.3 is 0 Å². The molecule has 0 spiro atoms. The van der Waals surface area contributed by atoms with Crippen molar-refractivity contribution in [3.63, 3.8) is 0 Å². The van der Waals surface area contributed by atoms with Gasteiger partial charge in [-0.25, -0.2) is 0 Å². The zero-order valence-electron chi connectivity index (χ0n) is 15.3. The van der Waals surface area contributed by atoms with E-state index in [2.05, 4.69) is 0 Å². The normalized spacial score (nSPS) is 10.6. The minimum Gasteiger partial charge on any atom is -0.508 e. The van der Waals surface area contributed by atoms with Crippen LogP contribution in [0, 0.1) is 20.8 Å². The number of benzene rings is 2. The van der Waals surface area contributed by atoms with E-state index in [-0.39, 0.29) is 23.7 Å². The summed E-state index contributed by atoms with van der Waals surface area (Å²) in [6.45, 7) is 5.68. The minimum atomic E-state index is -0.0803. The van der Waals surface area contributed by atoms with Crippen LogP contribution in [0.4, 0.5) is 0 Å². The molecule has 0 aromatic heterocycles. The Bertz CT molecular complexity index is 808. The van der Waals surface area contributed by atoms with Crippen LogP contribution in [0.3, 0.4) is 0 Å². The molecule has 5 heteroatoms. The van der Waals surface area contributed by atoms with E-state index in [0.29, 0.717) is 29.0 Å². The van der Waals surface area contributed by atoms with Gasteiger partial charge in [0.1, 0.15) is 23.0 Å². The summed E-state index contributed by atoms with van der Waals surface area (Å²) >= 11 is 0. The highest BCUT2D eigenvalue weighted by Crippen LogP contribution is 2.38. The Hall–Kier alpha value is -2.69. The van der Waals surface area contributed by atoms with Crippen molar-refractivity contribution in [2.75, 3.05) is 14.2 Å². The molecule has 0 fully saturated rings. The van der Waals surface area contributed by atoms with Crippen molar-refractivity contribution >= 4 is 5.78 Å². The molecule has 0 aliphatic rings. The summed E-state index contributed by atoms with van der Waals surface area (Å²) in [7, 11) is 3.14. The van der Waals surface area contributed by atoms with E-state index >= 15 is 0 Å². The van der Waals surface area contributed by atoms with Gasteiger partial charge in [0.15, 0.2) is 5.78 Å². The number of carbonyl (C=O) groups excluding carboxylic acids is 1. The van der Waals surface area contributed by atoms with Gasteiger partial charge in [0.25, 0.3) is 0 Å². The van der Waals surface area contributed by atoms with Crippen molar-refractivity contribution in [3.05, 3.63) is 46.0 Å². The van der Waals surface area contributed by atoms with Crippen LogP contribution in [-0.4, -0.2) is 30.2 Å². The lowest BCUT2D eigenvalue weighted by Gasteiger charge is -2.19. The number of rotatable bonds is 6. The second kappa shape index (κ2) is 7.47. The fourth-order valence-electron chi connectivity index (χ4n) is 3.13. The van der Waals surface area contributed by atoms with Gasteiger partial charge in [-0.2, -0.15) is 0 Å². The maximum absolute atomic E-state index is 12.9. The van der Waals surface area contributed by atoms with E-state index in [1.54, 1.807) is 20.3 Å². The minimum absolute atomic E-state index is 0.0102. The molecule has 0 saturated heterocycles. The molecule has 0 bridgehead atoms. The largest absolute Gasteiger partial charge is 0.508 e. The summed E-state index contributed by atoms with van der Waals surface area (Å²) in [4.78, 5) is 12.9. The van der Waals surface area contributed by atoms with Crippen LogP contribution in [0.25, 0.3) is 0 Å². The van der Waals surface area contributed by atoms with Crippen LogP contribution in [0.5, 0.6) is 23.0 Å². The number of phenolic OH excluding ortho intramolecular Hbond substituents is 2. The summed E-state index contributed by atoms with van der Waals surface area (Å²) in [5.74, 6) is 1.14. The number of hydrogen-bond acceptors (Lipinski definition) is 5. The third kappa shape index (κ3) is 3.55. The van der Waals surface area contributed by atoms with Gasteiger partial charge in [-0.1, -0.05) is 6.07 Å². The Morgan fingerprint density at radius 1 is 0.960 bits per heavy atom. The quantitative estimate of drug-likeness (QED) is 0.778. The predicted molar refractivity (Wildman–Crippen MR) is 96.2 cm³/mol. The molecule has 2 N–H and O–H groups in total. The second-order valence-electron chi connectivity index (χ2n) is 6.05. The summed E-state index contributed by atoms with van der Waals surface area (Å²) in [6.07, 6.45) is 0.573. The van der Waals surface area contributed by atoms with Gasteiger partial charge in [-0.05, 0) is 49.9 Å². The molecule has 2 aromatic carbocycles. The molecule has 25 heavy (non-hydrogen) atoms. The number of methoxy groups -OCH3 is 2. The van der Waals surface area contributed by atoms with Crippen LogP contribution in [0.15, 0.2) is 18.2 Å². The van der Waals surface area contributed by atoms with E-state index < -0.39 is 0 Å². The monoisotopic (exact) mass is 344 g/mol. The van der Waals surface area contributed by atoms with E-state index in [9.17, 15) is 15.0 Å². The Morgan fingerprint density at radius 3 is 2.12 bits per heavy atom. The van der Waals surface area contributed by atoms with Crippen LogP contribution in [-0.2, 0) is 6.42 Å². The topological polar surface area (TPSA) is 76.0 Å². The second-order valence-corrected chi connectivity index (χ2v) is 6.05. The maximum Gasteiger partial charge on any atom is 0.167 e. The molecule has 0 saturated carbocycles. The van der Waals surface area contributed by atoms with Crippen molar-refractivity contribution in [2.45, 2.75) is 33.6 Å². The number of carbonyl (C=O) groups is 1. The molecule has 0 radical (unpaired) electrons. The fourth-order valence-corrected chi connectivity index (χ4v) is 3.13. The van der Waals surface area contributed by atoms with E-state index in [0.717, 1.165) is 16.7 Å². The molecule has 0 aliphatic heterocycles. The molecule has 134 valence electrons. The molecule has 2 rings (SSSR count). The molecule has 0 atom stereocenters. The third-order valence-electron chi connectivity index (χ3n) is 4.56. The predicted octanol–water partition coefficient (Wildman–Crippen LogP) is 3.86. The smallest absolute Gasteiger partial charge is 0.167 e. The molecule has 0 amide bonds. The van der Waals surface area contributed by atoms with Crippen molar-refractivity contribution in [3.8, 4) is 23.0 Å². The van der Waals surface area contributed by atoms with Gasteiger partial charge in [-0.15, -0.1) is 0 Å². The van der Waals surface area contributed by atoms with Crippen LogP contribution in [0.2, 0.25) is 0 Å². The van der Waals surface area contributed by atoms with Gasteiger partial charge in [0, 0.05) is 18.1 Å². The number of aromatic hydroxyl groups is 2. The molecule has 5 nitrogen and oxygen atoms in total. The first-order valence-electron chi connectivity index (χ1n) is 8.07. The Kier molecular flexibility index (Phi) is 5.57. The molecule has 0 aliphatic carbocycles. The number of aryl methyl sites for hydroxylation is 1. The van der Waals surface area contributed by atoms with Crippen LogP contribution >= 0.6 is 0 Å². The summed E-state index contributed by atoms with van der Waals surface area (Å²) in [5, 5.41) is 19.2. The zero-order chi connectivity index (χ0) is 18.7. The number of phenols is 2. The van der Waals surface area contributed by atoms with Crippen molar-refractivity contribution < 1.29 is 24.5 Å². The number of Topliss-reactive ketones (excluding diaryl/α,β-unsaturated/α-hetero) is 1. The molecular weight excluding hydrogens is 320 g/mol. The highest BCUT2D eigenvalue weighted by atomic mass is 16.5. The first kappa shape index (κ1) is 18.6. The van der Waals surface area contributed by atoms with Gasteiger partial charge < -0.3 is 19.7 Å². The summed E-state index contributed by atoms with van der Waals surface area (Å²) in [5.41, 5.74) is 3.70. The highest BCUT2D eigenvalue weighted by molar-refractivity contribution is 6.01. The van der Waals surface area contributed by atoms with E-state index in [1.165, 1.54) is 12.1 Å². The molecule has 0 unspecified atom stereocenters. The molecule has 0 heterocycles.